The molecule has 9 nitrogen and oxygen atoms in total. The molecule has 2 aromatic heterocycles. The molecule has 0 atom stereocenters. The molecular formula is C14H18N6O3. The first-order valence-electron chi connectivity index (χ1n) is 7.20. The van der Waals surface area contributed by atoms with E-state index in [4.69, 9.17) is 4.42 Å². The van der Waals surface area contributed by atoms with Crippen molar-refractivity contribution in [1.82, 2.24) is 30.8 Å². The van der Waals surface area contributed by atoms with E-state index in [0.717, 1.165) is 4.80 Å². The topological polar surface area (TPSA) is 115 Å². The van der Waals surface area contributed by atoms with Crippen molar-refractivity contribution in [3.63, 3.8) is 0 Å². The van der Waals surface area contributed by atoms with Gasteiger partial charge < -0.3 is 15.1 Å². The van der Waals surface area contributed by atoms with Crippen LogP contribution in [0, 0.1) is 0 Å². The van der Waals surface area contributed by atoms with Gasteiger partial charge in [0.15, 0.2) is 0 Å². The quantitative estimate of drug-likeness (QED) is 0.539. The number of rotatable bonds is 8. The van der Waals surface area contributed by atoms with Gasteiger partial charge in [-0.2, -0.15) is 0 Å². The lowest BCUT2D eigenvalue weighted by atomic mass is 10.2. The summed E-state index contributed by atoms with van der Waals surface area (Å²) in [5.41, 5.74) is 0.535. The Kier molecular flexibility index (Phi) is 5.61. The van der Waals surface area contributed by atoms with Gasteiger partial charge in [-0.1, -0.05) is 18.3 Å². The molecule has 0 spiro atoms. The van der Waals surface area contributed by atoms with Crippen LogP contribution in [0.1, 0.15) is 30.4 Å². The molecule has 0 saturated heterocycles. The van der Waals surface area contributed by atoms with Gasteiger partial charge in [0.2, 0.25) is 11.8 Å². The van der Waals surface area contributed by atoms with Crippen LogP contribution in [-0.2, 0) is 4.79 Å². The van der Waals surface area contributed by atoms with Crippen molar-refractivity contribution in [2.45, 2.75) is 19.8 Å². The van der Waals surface area contributed by atoms with Gasteiger partial charge in [0.1, 0.15) is 0 Å². The predicted molar refractivity (Wildman–Crippen MR) is 80.8 cm³/mol. The lowest BCUT2D eigenvalue weighted by molar-refractivity contribution is -0.117. The molecule has 2 heterocycles. The van der Waals surface area contributed by atoms with Crippen molar-refractivity contribution in [2.24, 2.45) is 0 Å². The first-order chi connectivity index (χ1) is 11.1. The first kappa shape index (κ1) is 16.4. The van der Waals surface area contributed by atoms with Crippen LogP contribution in [-0.4, -0.2) is 45.1 Å². The highest BCUT2D eigenvalue weighted by Crippen LogP contribution is 2.03. The molecule has 2 aromatic rings. The summed E-state index contributed by atoms with van der Waals surface area (Å²) in [7, 11) is 0. The zero-order chi connectivity index (χ0) is 16.7. The highest BCUT2D eigenvalue weighted by Gasteiger charge is 2.14. The SMILES string of the molecule is C=C(CC)C(=O)NCCCNC(=O)c1nnn(-c2ccco2)n1. The van der Waals surface area contributed by atoms with Gasteiger partial charge in [0, 0.05) is 24.7 Å². The van der Waals surface area contributed by atoms with Gasteiger partial charge in [-0.25, -0.2) is 0 Å². The predicted octanol–water partition coefficient (Wildman–Crippen LogP) is 0.458. The van der Waals surface area contributed by atoms with Crippen molar-refractivity contribution in [1.29, 1.82) is 0 Å². The third kappa shape index (κ3) is 4.50. The Hall–Kier alpha value is -2.97. The average Bonchev–Trinajstić information content (AvgIpc) is 3.23. The van der Waals surface area contributed by atoms with E-state index in [1.54, 1.807) is 12.1 Å². The maximum absolute atomic E-state index is 11.9. The number of amides is 2. The van der Waals surface area contributed by atoms with Crippen LogP contribution in [0.3, 0.4) is 0 Å². The van der Waals surface area contributed by atoms with Gasteiger partial charge in [0.25, 0.3) is 11.7 Å². The summed E-state index contributed by atoms with van der Waals surface area (Å²) in [6.45, 7) is 6.35. The van der Waals surface area contributed by atoms with E-state index in [1.165, 1.54) is 6.26 Å². The second-order valence-electron chi connectivity index (χ2n) is 4.68. The summed E-state index contributed by atoms with van der Waals surface area (Å²) in [4.78, 5) is 24.5. The number of hydrogen-bond donors (Lipinski definition) is 2. The normalized spacial score (nSPS) is 10.3. The Morgan fingerprint density at radius 1 is 1.35 bits per heavy atom. The zero-order valence-electron chi connectivity index (χ0n) is 12.8. The standard InChI is InChI=1S/C14H18N6O3/c1-3-10(2)13(21)15-7-5-8-16-14(22)12-17-19-20(18-12)11-6-4-9-23-11/h4,6,9H,2-3,5,7-8H2,1H3,(H,15,21)(H,16,22). The minimum atomic E-state index is -0.438. The summed E-state index contributed by atoms with van der Waals surface area (Å²) in [6.07, 6.45) is 2.67. The van der Waals surface area contributed by atoms with Crippen molar-refractivity contribution < 1.29 is 14.0 Å². The molecular weight excluding hydrogens is 300 g/mol. The fraction of sp³-hybridized carbons (Fsp3) is 0.357. The number of carbonyl (C=O) groups excluding carboxylic acids is 2. The molecule has 0 aliphatic carbocycles. The minimum absolute atomic E-state index is 0.0511. The molecule has 0 radical (unpaired) electrons. The number of nitrogens with one attached hydrogen (secondary N) is 2. The number of aromatic nitrogens is 4. The molecule has 0 aliphatic rings. The largest absolute Gasteiger partial charge is 0.445 e. The number of carbonyl (C=O) groups is 2. The molecule has 2 amide bonds. The average molecular weight is 318 g/mol. The van der Waals surface area contributed by atoms with Gasteiger partial charge in [-0.05, 0) is 24.1 Å². The first-order valence-corrected chi connectivity index (χ1v) is 7.20. The summed E-state index contributed by atoms with van der Waals surface area (Å²) < 4.78 is 5.10. The van der Waals surface area contributed by atoms with Crippen LogP contribution in [0.15, 0.2) is 35.0 Å². The van der Waals surface area contributed by atoms with E-state index >= 15 is 0 Å². The third-order valence-electron chi connectivity index (χ3n) is 2.99. The smallest absolute Gasteiger partial charge is 0.292 e. The van der Waals surface area contributed by atoms with E-state index in [-0.39, 0.29) is 11.7 Å². The molecule has 122 valence electrons. The van der Waals surface area contributed by atoms with E-state index in [1.807, 2.05) is 6.92 Å². The van der Waals surface area contributed by atoms with Gasteiger partial charge in [0.05, 0.1) is 6.26 Å². The molecule has 2 rings (SSSR count). The lowest BCUT2D eigenvalue weighted by Crippen LogP contribution is -2.30. The van der Waals surface area contributed by atoms with Crippen LogP contribution >= 0.6 is 0 Å². The molecule has 9 heteroatoms. The zero-order valence-corrected chi connectivity index (χ0v) is 12.8. The van der Waals surface area contributed by atoms with Crippen LogP contribution < -0.4 is 10.6 Å². The fourth-order valence-electron chi connectivity index (χ4n) is 1.64. The van der Waals surface area contributed by atoms with Gasteiger partial charge in [-0.3, -0.25) is 9.59 Å². The lowest BCUT2D eigenvalue weighted by Gasteiger charge is -2.06. The van der Waals surface area contributed by atoms with Crippen molar-refractivity contribution >= 4 is 11.8 Å². The number of tetrazole rings is 1. The van der Waals surface area contributed by atoms with Gasteiger partial charge >= 0.3 is 0 Å². The summed E-state index contributed by atoms with van der Waals surface area (Å²) in [5, 5.41) is 16.7. The minimum Gasteiger partial charge on any atom is -0.445 e. The monoisotopic (exact) mass is 318 g/mol. The molecule has 2 N–H and O–H groups in total. The van der Waals surface area contributed by atoms with E-state index in [9.17, 15) is 9.59 Å². The van der Waals surface area contributed by atoms with E-state index < -0.39 is 5.91 Å². The highest BCUT2D eigenvalue weighted by molar-refractivity contribution is 5.92. The fourth-order valence-corrected chi connectivity index (χ4v) is 1.64. The number of furan rings is 1. The number of nitrogens with zero attached hydrogens (tertiary/aromatic N) is 4. The third-order valence-corrected chi connectivity index (χ3v) is 2.99. The highest BCUT2D eigenvalue weighted by atomic mass is 16.3. The molecule has 0 aliphatic heterocycles. The maximum atomic E-state index is 11.9. The van der Waals surface area contributed by atoms with Crippen molar-refractivity contribution in [2.75, 3.05) is 13.1 Å². The molecule has 0 unspecified atom stereocenters. The van der Waals surface area contributed by atoms with E-state index in [0.29, 0.717) is 37.4 Å². The van der Waals surface area contributed by atoms with Crippen LogP contribution in [0.4, 0.5) is 0 Å². The van der Waals surface area contributed by atoms with Crippen LogP contribution in [0.2, 0.25) is 0 Å². The Labute approximate surface area is 132 Å². The van der Waals surface area contributed by atoms with E-state index in [2.05, 4.69) is 32.6 Å². The summed E-state index contributed by atoms with van der Waals surface area (Å²) >= 11 is 0. The Balaban J connectivity index is 1.71. The van der Waals surface area contributed by atoms with Crippen molar-refractivity contribution in [3.05, 3.63) is 36.4 Å². The maximum Gasteiger partial charge on any atom is 0.292 e. The Bertz CT molecular complexity index is 677. The van der Waals surface area contributed by atoms with Crippen LogP contribution in [0.5, 0.6) is 0 Å². The number of hydrogen-bond acceptors (Lipinski definition) is 6. The van der Waals surface area contributed by atoms with Gasteiger partial charge in [-0.15, -0.1) is 10.2 Å². The summed E-state index contributed by atoms with van der Waals surface area (Å²) in [5.74, 6) is -0.283. The Morgan fingerprint density at radius 3 is 2.83 bits per heavy atom. The molecule has 0 fully saturated rings. The second-order valence-corrected chi connectivity index (χ2v) is 4.68. The van der Waals surface area contributed by atoms with Crippen molar-refractivity contribution in [3.8, 4) is 5.88 Å². The Morgan fingerprint density at radius 2 is 2.13 bits per heavy atom. The second kappa shape index (κ2) is 7.87. The van der Waals surface area contributed by atoms with Crippen LogP contribution in [0.25, 0.3) is 5.88 Å². The molecule has 0 bridgehead atoms. The molecule has 0 saturated carbocycles. The summed E-state index contributed by atoms with van der Waals surface area (Å²) in [6, 6.07) is 3.33. The molecule has 23 heavy (non-hydrogen) atoms. The molecule has 0 aromatic carbocycles.